The van der Waals surface area contributed by atoms with Crippen molar-refractivity contribution < 1.29 is 4.79 Å². The van der Waals surface area contributed by atoms with E-state index in [2.05, 4.69) is 36.3 Å². The second kappa shape index (κ2) is 8.39. The van der Waals surface area contributed by atoms with E-state index in [1.807, 2.05) is 40.1 Å². The lowest BCUT2D eigenvalue weighted by molar-refractivity contribution is -0.116. The Balaban J connectivity index is 1.59. The highest BCUT2D eigenvalue weighted by Gasteiger charge is 2.18. The molecule has 1 amide bonds. The Morgan fingerprint density at radius 3 is 2.63 bits per heavy atom. The zero-order valence-electron chi connectivity index (χ0n) is 17.4. The van der Waals surface area contributed by atoms with E-state index in [1.165, 1.54) is 16.9 Å². The van der Waals surface area contributed by atoms with Gasteiger partial charge in [-0.25, -0.2) is 0 Å². The zero-order valence-corrected chi connectivity index (χ0v) is 18.2. The van der Waals surface area contributed by atoms with Crippen LogP contribution in [0.4, 0.5) is 5.69 Å². The summed E-state index contributed by atoms with van der Waals surface area (Å²) < 4.78 is 4.29. The highest BCUT2D eigenvalue weighted by atomic mass is 32.1. The van der Waals surface area contributed by atoms with Crippen LogP contribution in [-0.4, -0.2) is 25.1 Å². The Morgan fingerprint density at radius 2 is 1.93 bits per heavy atom. The van der Waals surface area contributed by atoms with Gasteiger partial charge in [-0.2, -0.15) is 0 Å². The lowest BCUT2D eigenvalue weighted by Crippen LogP contribution is -2.24. The molecule has 0 bridgehead atoms. The topological polar surface area (TPSA) is 81.3 Å². The molecule has 156 valence electrons. The maximum absolute atomic E-state index is 12.9. The summed E-state index contributed by atoms with van der Waals surface area (Å²) in [5.74, 6) is 1.44. The number of aryl methyl sites for hydroxylation is 2. The molecule has 8 heteroatoms. The van der Waals surface area contributed by atoms with Crippen molar-refractivity contribution in [2.24, 2.45) is 5.92 Å². The lowest BCUT2D eigenvalue weighted by Gasteiger charge is -2.11. The molecule has 0 radical (unpaired) electrons. The van der Waals surface area contributed by atoms with Gasteiger partial charge in [0.15, 0.2) is 0 Å². The fourth-order valence-electron chi connectivity index (χ4n) is 3.54. The Morgan fingerprint density at radius 1 is 1.17 bits per heavy atom. The molecule has 0 aliphatic carbocycles. The van der Waals surface area contributed by atoms with E-state index >= 15 is 0 Å². The molecule has 4 rings (SSSR count). The van der Waals surface area contributed by atoms with Gasteiger partial charge in [-0.3, -0.25) is 18.6 Å². The summed E-state index contributed by atoms with van der Waals surface area (Å²) >= 11 is 1.42. The predicted octanol–water partition coefficient (Wildman–Crippen LogP) is 3.90. The molecule has 0 saturated heterocycles. The molecule has 7 nitrogen and oxygen atoms in total. The van der Waals surface area contributed by atoms with Crippen LogP contribution in [0.2, 0.25) is 0 Å². The SMILES string of the molecule is CCc1ccc(NC(=O)CCc2nnc3n(CC(C)C)c(=O)c4sccc4n23)cc1. The predicted molar refractivity (Wildman–Crippen MR) is 120 cm³/mol. The van der Waals surface area contributed by atoms with Gasteiger partial charge < -0.3 is 5.32 Å². The summed E-state index contributed by atoms with van der Waals surface area (Å²) in [6.45, 7) is 6.80. The summed E-state index contributed by atoms with van der Waals surface area (Å²) in [4.78, 5) is 25.3. The fraction of sp³-hybridized carbons (Fsp3) is 0.364. The number of hydrogen-bond acceptors (Lipinski definition) is 5. The van der Waals surface area contributed by atoms with Crippen molar-refractivity contribution in [1.82, 2.24) is 19.2 Å². The summed E-state index contributed by atoms with van der Waals surface area (Å²) in [6.07, 6.45) is 1.68. The molecule has 3 aromatic heterocycles. The first kappa shape index (κ1) is 20.3. The van der Waals surface area contributed by atoms with E-state index in [9.17, 15) is 9.59 Å². The second-order valence-electron chi connectivity index (χ2n) is 7.79. The minimum Gasteiger partial charge on any atom is -0.326 e. The normalized spacial score (nSPS) is 11.6. The smallest absolute Gasteiger partial charge is 0.272 e. The molecule has 0 unspecified atom stereocenters. The van der Waals surface area contributed by atoms with Crippen LogP contribution in [0, 0.1) is 5.92 Å². The number of thiophene rings is 1. The molecule has 0 saturated carbocycles. The molecule has 0 fully saturated rings. The first-order valence-corrected chi connectivity index (χ1v) is 11.1. The van der Waals surface area contributed by atoms with Gasteiger partial charge in [0.25, 0.3) is 5.56 Å². The molecule has 4 aromatic rings. The van der Waals surface area contributed by atoms with Crippen LogP contribution < -0.4 is 10.9 Å². The van der Waals surface area contributed by atoms with E-state index in [0.717, 1.165) is 17.6 Å². The molecule has 30 heavy (non-hydrogen) atoms. The number of amides is 1. The van der Waals surface area contributed by atoms with Crippen molar-refractivity contribution in [1.29, 1.82) is 0 Å². The molecule has 1 N–H and O–H groups in total. The van der Waals surface area contributed by atoms with Gasteiger partial charge in [0, 0.05) is 25.1 Å². The number of nitrogens with one attached hydrogen (secondary N) is 1. The van der Waals surface area contributed by atoms with Crippen LogP contribution in [0.15, 0.2) is 40.5 Å². The van der Waals surface area contributed by atoms with Crippen molar-refractivity contribution in [2.75, 3.05) is 5.32 Å². The maximum Gasteiger partial charge on any atom is 0.272 e. The largest absolute Gasteiger partial charge is 0.326 e. The van der Waals surface area contributed by atoms with E-state index in [-0.39, 0.29) is 17.9 Å². The van der Waals surface area contributed by atoms with E-state index < -0.39 is 0 Å². The van der Waals surface area contributed by atoms with Crippen LogP contribution >= 0.6 is 11.3 Å². The highest BCUT2D eigenvalue weighted by molar-refractivity contribution is 7.17. The monoisotopic (exact) mass is 423 g/mol. The van der Waals surface area contributed by atoms with Crippen LogP contribution in [0.1, 0.15) is 38.6 Å². The van der Waals surface area contributed by atoms with Crippen LogP contribution in [-0.2, 0) is 24.2 Å². The number of aromatic nitrogens is 4. The Kier molecular flexibility index (Phi) is 5.67. The van der Waals surface area contributed by atoms with Crippen molar-refractivity contribution in [2.45, 2.75) is 46.6 Å². The lowest BCUT2D eigenvalue weighted by atomic mass is 10.1. The van der Waals surface area contributed by atoms with Gasteiger partial charge in [0.2, 0.25) is 11.7 Å². The molecular formula is C22H25N5O2S. The number of rotatable bonds is 7. The Hall–Kier alpha value is -3.00. The van der Waals surface area contributed by atoms with Crippen molar-refractivity contribution >= 4 is 38.9 Å². The van der Waals surface area contributed by atoms with Crippen LogP contribution in [0.25, 0.3) is 16.0 Å². The number of nitrogens with zero attached hydrogens (tertiary/aromatic N) is 4. The summed E-state index contributed by atoms with van der Waals surface area (Å²) in [7, 11) is 0. The number of fused-ring (bicyclic) bond motifs is 3. The van der Waals surface area contributed by atoms with Gasteiger partial charge in [0.1, 0.15) is 10.5 Å². The molecule has 0 aliphatic rings. The third-order valence-corrected chi connectivity index (χ3v) is 5.94. The average Bonchev–Trinajstić information content (AvgIpc) is 3.37. The van der Waals surface area contributed by atoms with Crippen molar-refractivity contribution in [3.05, 3.63) is 57.5 Å². The number of carbonyl (C=O) groups excluding carboxylic acids is 1. The number of benzene rings is 1. The third-order valence-electron chi connectivity index (χ3n) is 5.05. The van der Waals surface area contributed by atoms with Crippen LogP contribution in [0.3, 0.4) is 0 Å². The Labute approximate surface area is 178 Å². The molecule has 1 aromatic carbocycles. The first-order chi connectivity index (χ1) is 14.5. The Bertz CT molecular complexity index is 1250. The quantitative estimate of drug-likeness (QED) is 0.489. The fourth-order valence-corrected chi connectivity index (χ4v) is 4.37. The number of hydrogen-bond donors (Lipinski definition) is 1. The molecule has 0 atom stereocenters. The molecule has 3 heterocycles. The maximum atomic E-state index is 12.9. The molecule has 0 aliphatic heterocycles. The molecular weight excluding hydrogens is 398 g/mol. The average molecular weight is 424 g/mol. The van der Waals surface area contributed by atoms with E-state index in [1.54, 1.807) is 4.57 Å². The summed E-state index contributed by atoms with van der Waals surface area (Å²) in [5.41, 5.74) is 2.79. The second-order valence-corrected chi connectivity index (χ2v) is 8.71. The minimum atomic E-state index is -0.0759. The minimum absolute atomic E-state index is 0.0339. The zero-order chi connectivity index (χ0) is 21.3. The number of anilines is 1. The van der Waals surface area contributed by atoms with Crippen molar-refractivity contribution in [3.63, 3.8) is 0 Å². The molecule has 0 spiro atoms. The number of carbonyl (C=O) groups is 1. The highest BCUT2D eigenvalue weighted by Crippen LogP contribution is 2.21. The van der Waals surface area contributed by atoms with Crippen molar-refractivity contribution in [3.8, 4) is 0 Å². The standard InChI is InChI=1S/C22H25N5O2S/c1-4-15-5-7-16(8-6-15)23-19(28)10-9-18-24-25-22-26(13-14(2)3)21(29)20-17(27(18)22)11-12-30-20/h5-8,11-12,14H,4,9-10,13H2,1-3H3,(H,23,28). The first-order valence-electron chi connectivity index (χ1n) is 10.2. The van der Waals surface area contributed by atoms with E-state index in [4.69, 9.17) is 0 Å². The summed E-state index contributed by atoms with van der Waals surface area (Å²) in [6, 6.07) is 9.79. The van der Waals surface area contributed by atoms with Crippen LogP contribution in [0.5, 0.6) is 0 Å². The van der Waals surface area contributed by atoms with Gasteiger partial charge >= 0.3 is 0 Å². The van der Waals surface area contributed by atoms with Gasteiger partial charge in [-0.05, 0) is 41.5 Å². The van der Waals surface area contributed by atoms with Gasteiger partial charge in [-0.15, -0.1) is 21.5 Å². The van der Waals surface area contributed by atoms with Gasteiger partial charge in [-0.1, -0.05) is 32.9 Å². The van der Waals surface area contributed by atoms with Gasteiger partial charge in [0.05, 0.1) is 5.52 Å². The third kappa shape index (κ3) is 3.87. The summed E-state index contributed by atoms with van der Waals surface area (Å²) in [5, 5.41) is 13.4. The van der Waals surface area contributed by atoms with E-state index in [0.29, 0.717) is 35.2 Å².